The van der Waals surface area contributed by atoms with E-state index >= 15 is 0 Å². The van der Waals surface area contributed by atoms with Crippen LogP contribution in [0.25, 0.3) is 0 Å². The lowest BCUT2D eigenvalue weighted by molar-refractivity contribution is -0.130. The molecule has 1 heterocycles. The van der Waals surface area contributed by atoms with Gasteiger partial charge in [-0.2, -0.15) is 0 Å². The van der Waals surface area contributed by atoms with E-state index in [2.05, 4.69) is 58.2 Å². The van der Waals surface area contributed by atoms with Crippen LogP contribution in [0.5, 0.6) is 0 Å². The Morgan fingerprint density at radius 2 is 1.97 bits per heavy atom. The third-order valence-corrected chi connectivity index (χ3v) is 7.33. The fourth-order valence-electron chi connectivity index (χ4n) is 4.95. The summed E-state index contributed by atoms with van der Waals surface area (Å²) in [5.41, 5.74) is 2.43. The van der Waals surface area contributed by atoms with E-state index in [1.807, 2.05) is 18.2 Å². The molecule has 0 bridgehead atoms. The fraction of sp³-hybridized carbons (Fsp3) is 0.600. The molecular weight excluding hydrogens is 440 g/mol. The number of alkyl halides is 1. The number of benzene rings is 1. The molecule has 1 aromatic rings. The van der Waals surface area contributed by atoms with Crippen molar-refractivity contribution in [2.24, 2.45) is 17.8 Å². The molecule has 1 aliphatic heterocycles. The number of hydrogen-bond donors (Lipinski definition) is 1. The van der Waals surface area contributed by atoms with Crippen LogP contribution in [0.3, 0.4) is 0 Å². The summed E-state index contributed by atoms with van der Waals surface area (Å²) >= 11 is 3.55. The van der Waals surface area contributed by atoms with Gasteiger partial charge in [0.1, 0.15) is 0 Å². The second-order valence-corrected chi connectivity index (χ2v) is 10.2. The van der Waals surface area contributed by atoms with Crippen LogP contribution < -0.4 is 5.32 Å². The third kappa shape index (κ3) is 6.44. The van der Waals surface area contributed by atoms with Crippen molar-refractivity contribution in [3.63, 3.8) is 0 Å². The molecule has 2 fully saturated rings. The number of fused-ring (bicyclic) bond motifs is 1. The van der Waals surface area contributed by atoms with Gasteiger partial charge in [-0.25, -0.2) is 0 Å². The number of carbonyl (C=O) groups is 2. The van der Waals surface area contributed by atoms with Gasteiger partial charge in [-0.05, 0) is 62.8 Å². The van der Waals surface area contributed by atoms with Crippen LogP contribution in [0.1, 0.15) is 51.5 Å². The number of nitrogens with zero attached hydrogens (tertiary/aromatic N) is 1. The van der Waals surface area contributed by atoms with E-state index in [0.29, 0.717) is 30.6 Å². The second-order valence-electron chi connectivity index (χ2n) is 9.14. The van der Waals surface area contributed by atoms with Crippen molar-refractivity contribution in [2.75, 3.05) is 19.6 Å². The Morgan fingerprint density at radius 1 is 1.20 bits per heavy atom. The van der Waals surface area contributed by atoms with Crippen molar-refractivity contribution in [3.05, 3.63) is 47.5 Å². The Hall–Kier alpha value is -1.62. The van der Waals surface area contributed by atoms with E-state index < -0.39 is 0 Å². The summed E-state index contributed by atoms with van der Waals surface area (Å²) in [4.78, 5) is 27.1. The highest BCUT2D eigenvalue weighted by Gasteiger charge is 2.41. The molecule has 0 aromatic heterocycles. The predicted octanol–water partition coefficient (Wildman–Crippen LogP) is 4.73. The Bertz CT molecular complexity index is 745. The molecule has 1 aromatic carbocycles. The summed E-state index contributed by atoms with van der Waals surface area (Å²) in [6, 6.07) is 10.1. The molecule has 4 atom stereocenters. The average molecular weight is 475 g/mol. The van der Waals surface area contributed by atoms with Gasteiger partial charge in [0.25, 0.3) is 0 Å². The third-order valence-electron chi connectivity index (χ3n) is 6.59. The van der Waals surface area contributed by atoms with E-state index in [9.17, 15) is 9.59 Å². The molecule has 1 saturated heterocycles. The van der Waals surface area contributed by atoms with Crippen LogP contribution in [0, 0.1) is 17.8 Å². The highest BCUT2D eigenvalue weighted by molar-refractivity contribution is 9.10. The number of likely N-dealkylation sites (tertiary alicyclic amines) is 1. The minimum absolute atomic E-state index is 0.0635. The van der Waals surface area contributed by atoms with Crippen LogP contribution in [0.15, 0.2) is 42.0 Å². The Balaban J connectivity index is 1.48. The maximum atomic E-state index is 12.6. The molecule has 5 heteroatoms. The number of halogens is 1. The van der Waals surface area contributed by atoms with Crippen LogP contribution in [0.4, 0.5) is 0 Å². The molecule has 0 spiro atoms. The molecule has 1 aliphatic carbocycles. The van der Waals surface area contributed by atoms with Crippen molar-refractivity contribution in [3.8, 4) is 0 Å². The Kier molecular flexibility index (Phi) is 8.55. The molecule has 3 rings (SSSR count). The zero-order valence-corrected chi connectivity index (χ0v) is 19.9. The van der Waals surface area contributed by atoms with Gasteiger partial charge in [0.15, 0.2) is 0 Å². The zero-order chi connectivity index (χ0) is 21.5. The number of hydrogen-bond acceptors (Lipinski definition) is 2. The Labute approximate surface area is 189 Å². The SMILES string of the molecule is CC(C)=CCCC(=O)N1C[C@H]2CCC[C@H](CNC(=O)C(Br)Cc3ccccc3)[C@H]2C1. The molecule has 0 radical (unpaired) electrons. The van der Waals surface area contributed by atoms with E-state index in [1.54, 1.807) is 0 Å². The van der Waals surface area contributed by atoms with Crippen molar-refractivity contribution in [2.45, 2.75) is 57.2 Å². The summed E-state index contributed by atoms with van der Waals surface area (Å²) in [6.07, 6.45) is 7.83. The predicted molar refractivity (Wildman–Crippen MR) is 125 cm³/mol. The molecule has 1 N–H and O–H groups in total. The van der Waals surface area contributed by atoms with Gasteiger partial charge >= 0.3 is 0 Å². The minimum Gasteiger partial charge on any atom is -0.355 e. The summed E-state index contributed by atoms with van der Waals surface area (Å²) < 4.78 is 0. The van der Waals surface area contributed by atoms with Crippen LogP contribution in [-0.4, -0.2) is 41.2 Å². The Morgan fingerprint density at radius 3 is 2.70 bits per heavy atom. The van der Waals surface area contributed by atoms with Gasteiger partial charge in [0.2, 0.25) is 11.8 Å². The van der Waals surface area contributed by atoms with E-state index in [1.165, 1.54) is 18.4 Å². The van der Waals surface area contributed by atoms with Gasteiger partial charge in [0.05, 0.1) is 4.83 Å². The summed E-state index contributed by atoms with van der Waals surface area (Å²) in [7, 11) is 0. The highest BCUT2D eigenvalue weighted by Crippen LogP contribution is 2.40. The highest BCUT2D eigenvalue weighted by atomic mass is 79.9. The number of amides is 2. The van der Waals surface area contributed by atoms with E-state index in [4.69, 9.17) is 0 Å². The first kappa shape index (κ1) is 23.1. The number of carbonyl (C=O) groups excluding carboxylic acids is 2. The minimum atomic E-state index is -0.212. The fourth-order valence-corrected chi connectivity index (χ4v) is 5.48. The molecule has 1 unspecified atom stereocenters. The summed E-state index contributed by atoms with van der Waals surface area (Å²) in [5.74, 6) is 1.94. The summed E-state index contributed by atoms with van der Waals surface area (Å²) in [5, 5.41) is 3.18. The van der Waals surface area contributed by atoms with Gasteiger partial charge < -0.3 is 10.2 Å². The van der Waals surface area contributed by atoms with Crippen molar-refractivity contribution < 1.29 is 9.59 Å². The lowest BCUT2D eigenvalue weighted by Crippen LogP contribution is -2.40. The molecule has 30 heavy (non-hydrogen) atoms. The average Bonchev–Trinajstić information content (AvgIpc) is 3.17. The van der Waals surface area contributed by atoms with Gasteiger partial charge in [-0.1, -0.05) is 64.3 Å². The first-order valence-corrected chi connectivity index (χ1v) is 12.2. The smallest absolute Gasteiger partial charge is 0.234 e. The lowest BCUT2D eigenvalue weighted by atomic mass is 9.74. The standard InChI is InChI=1S/C25H35BrN2O2/c1-18(2)8-6-13-24(29)28-16-21-12-7-11-20(22(21)17-28)15-27-25(30)23(26)14-19-9-4-3-5-10-19/h3-5,8-10,20-23H,6-7,11-17H2,1-2H3,(H,27,30)/t20-,21-,22-,23?/m1/s1. The molecule has 164 valence electrons. The molecule has 4 nitrogen and oxygen atoms in total. The van der Waals surface area contributed by atoms with Crippen LogP contribution in [-0.2, 0) is 16.0 Å². The van der Waals surface area contributed by atoms with E-state index in [-0.39, 0.29) is 16.6 Å². The monoisotopic (exact) mass is 474 g/mol. The topological polar surface area (TPSA) is 49.4 Å². The second kappa shape index (κ2) is 11.1. The quantitative estimate of drug-likeness (QED) is 0.437. The maximum absolute atomic E-state index is 12.6. The number of rotatable bonds is 8. The molecule has 2 aliphatic rings. The first-order valence-electron chi connectivity index (χ1n) is 11.3. The molecular formula is C25H35BrN2O2. The van der Waals surface area contributed by atoms with Crippen LogP contribution >= 0.6 is 15.9 Å². The largest absolute Gasteiger partial charge is 0.355 e. The van der Waals surface area contributed by atoms with Crippen LogP contribution in [0.2, 0.25) is 0 Å². The van der Waals surface area contributed by atoms with Gasteiger partial charge in [0, 0.05) is 26.1 Å². The van der Waals surface area contributed by atoms with E-state index in [0.717, 1.165) is 38.0 Å². The summed E-state index contributed by atoms with van der Waals surface area (Å²) in [6.45, 7) is 6.63. The zero-order valence-electron chi connectivity index (χ0n) is 18.3. The number of nitrogens with one attached hydrogen (secondary N) is 1. The van der Waals surface area contributed by atoms with Crippen molar-refractivity contribution >= 4 is 27.7 Å². The van der Waals surface area contributed by atoms with Crippen molar-refractivity contribution in [1.29, 1.82) is 0 Å². The van der Waals surface area contributed by atoms with Gasteiger partial charge in [-0.15, -0.1) is 0 Å². The maximum Gasteiger partial charge on any atom is 0.234 e. The molecule has 2 amide bonds. The number of allylic oxidation sites excluding steroid dienone is 2. The van der Waals surface area contributed by atoms with Gasteiger partial charge in [-0.3, -0.25) is 9.59 Å². The first-order chi connectivity index (χ1) is 14.4. The molecule has 1 saturated carbocycles. The lowest BCUT2D eigenvalue weighted by Gasteiger charge is -2.33. The normalized spacial score (nSPS) is 24.1. The van der Waals surface area contributed by atoms with Crippen molar-refractivity contribution in [1.82, 2.24) is 10.2 Å².